The van der Waals surface area contributed by atoms with Crippen LogP contribution in [0.2, 0.25) is 0 Å². The second-order valence-electron chi connectivity index (χ2n) is 8.80. The molecule has 1 amide bonds. The molecule has 0 aliphatic heterocycles. The molecule has 0 spiro atoms. The Hall–Kier alpha value is -2.75. The highest BCUT2D eigenvalue weighted by Gasteiger charge is 2.23. The van der Waals surface area contributed by atoms with Crippen LogP contribution in [0.4, 0.5) is 0 Å². The molecule has 1 aromatic rings. The van der Waals surface area contributed by atoms with Crippen LogP contribution in [0.5, 0.6) is 0 Å². The first-order valence-electron chi connectivity index (χ1n) is 11.2. The molecule has 0 unspecified atom stereocenters. The number of benzene rings is 1. The smallest absolute Gasteiger partial charge is 0.335 e. The number of esters is 1. The van der Waals surface area contributed by atoms with Gasteiger partial charge < -0.3 is 29.8 Å². The van der Waals surface area contributed by atoms with Gasteiger partial charge >= 0.3 is 11.9 Å². The fourth-order valence-electron chi connectivity index (χ4n) is 3.39. The summed E-state index contributed by atoms with van der Waals surface area (Å²) in [5.41, 5.74) is 6.97. The fourth-order valence-corrected chi connectivity index (χ4v) is 3.39. The maximum Gasteiger partial charge on any atom is 0.335 e. The van der Waals surface area contributed by atoms with Crippen molar-refractivity contribution in [2.45, 2.75) is 58.7 Å². The van der Waals surface area contributed by atoms with Gasteiger partial charge in [0.05, 0.1) is 25.4 Å². The van der Waals surface area contributed by atoms with Gasteiger partial charge in [-0.3, -0.25) is 9.59 Å². The lowest BCUT2D eigenvalue weighted by atomic mass is 9.88. The lowest BCUT2D eigenvalue weighted by Crippen LogP contribution is -2.27. The second-order valence-corrected chi connectivity index (χ2v) is 8.80. The number of ether oxygens (including phenoxy) is 4. The number of aromatic carboxylic acids is 1. The molecule has 34 heavy (non-hydrogen) atoms. The molecule has 1 aromatic carbocycles. The zero-order valence-corrected chi connectivity index (χ0v) is 20.6. The van der Waals surface area contributed by atoms with Gasteiger partial charge in [-0.1, -0.05) is 18.7 Å². The van der Waals surface area contributed by atoms with Crippen molar-refractivity contribution < 1.29 is 38.4 Å². The van der Waals surface area contributed by atoms with Crippen molar-refractivity contribution in [2.75, 3.05) is 27.1 Å². The summed E-state index contributed by atoms with van der Waals surface area (Å²) >= 11 is 0. The van der Waals surface area contributed by atoms with E-state index in [2.05, 4.69) is 6.58 Å². The van der Waals surface area contributed by atoms with Crippen LogP contribution < -0.4 is 5.73 Å². The number of hydrogen-bond donors (Lipinski definition) is 2. The van der Waals surface area contributed by atoms with Gasteiger partial charge in [-0.2, -0.15) is 0 Å². The van der Waals surface area contributed by atoms with Crippen molar-refractivity contribution in [2.24, 2.45) is 11.7 Å². The van der Waals surface area contributed by atoms with E-state index >= 15 is 0 Å². The van der Waals surface area contributed by atoms with Crippen LogP contribution in [0.15, 0.2) is 18.7 Å². The summed E-state index contributed by atoms with van der Waals surface area (Å²) in [5.74, 6) is -2.67. The van der Waals surface area contributed by atoms with Crippen molar-refractivity contribution >= 4 is 23.9 Å². The minimum absolute atomic E-state index is 0.0104. The molecule has 0 saturated heterocycles. The van der Waals surface area contributed by atoms with Gasteiger partial charge in [-0.05, 0) is 62.8 Å². The number of rotatable bonds is 16. The van der Waals surface area contributed by atoms with Crippen LogP contribution in [-0.4, -0.2) is 55.7 Å². The molecule has 1 atom stereocenters. The lowest BCUT2D eigenvalue weighted by molar-refractivity contribution is -0.155. The van der Waals surface area contributed by atoms with Gasteiger partial charge in [0, 0.05) is 19.4 Å². The monoisotopic (exact) mass is 479 g/mol. The molecule has 0 aromatic heterocycles. The summed E-state index contributed by atoms with van der Waals surface area (Å²) in [6.45, 7) is 10.0. The van der Waals surface area contributed by atoms with E-state index in [1.165, 1.54) is 6.07 Å². The number of amides is 1. The van der Waals surface area contributed by atoms with Crippen LogP contribution in [0.25, 0.3) is 6.08 Å². The number of nitrogens with two attached hydrogens (primary N) is 1. The van der Waals surface area contributed by atoms with E-state index in [-0.39, 0.29) is 44.6 Å². The number of primary amides is 1. The SMILES string of the molecule is C=Cc1ccc(C(=O)O)c(CC[C@@H](CCC(=O)OC(C)(C)C)C(N)=O)c1COCOCCOC. The molecule has 0 radical (unpaired) electrons. The third-order valence-corrected chi connectivity index (χ3v) is 5.02. The predicted molar refractivity (Wildman–Crippen MR) is 127 cm³/mol. The van der Waals surface area contributed by atoms with Gasteiger partial charge in [0.15, 0.2) is 0 Å². The highest BCUT2D eigenvalue weighted by molar-refractivity contribution is 5.90. The highest BCUT2D eigenvalue weighted by Crippen LogP contribution is 2.26. The molecular formula is C25H37NO8. The Morgan fingerprint density at radius 3 is 2.38 bits per heavy atom. The maximum atomic E-state index is 12.1. The van der Waals surface area contributed by atoms with E-state index in [0.717, 1.165) is 5.56 Å². The number of carbonyl (C=O) groups is 3. The van der Waals surface area contributed by atoms with Gasteiger partial charge in [-0.15, -0.1) is 0 Å². The Morgan fingerprint density at radius 1 is 1.12 bits per heavy atom. The zero-order chi connectivity index (χ0) is 25.7. The van der Waals surface area contributed by atoms with Gasteiger partial charge in [0.25, 0.3) is 0 Å². The molecule has 9 nitrogen and oxygen atoms in total. The minimum atomic E-state index is -1.09. The third kappa shape index (κ3) is 10.5. The average molecular weight is 480 g/mol. The number of carboxylic acid groups (broad SMARTS) is 1. The first-order valence-corrected chi connectivity index (χ1v) is 11.2. The van der Waals surface area contributed by atoms with Gasteiger partial charge in [-0.25, -0.2) is 4.79 Å². The Morgan fingerprint density at radius 2 is 1.82 bits per heavy atom. The molecule has 0 aliphatic rings. The molecule has 9 heteroatoms. The zero-order valence-electron chi connectivity index (χ0n) is 20.6. The predicted octanol–water partition coefficient (Wildman–Crippen LogP) is 3.32. The molecule has 3 N–H and O–H groups in total. The molecule has 0 aliphatic carbocycles. The summed E-state index contributed by atoms with van der Waals surface area (Å²) < 4.78 is 21.1. The van der Waals surface area contributed by atoms with Crippen LogP contribution in [-0.2, 0) is 41.6 Å². The molecule has 0 fully saturated rings. The van der Waals surface area contributed by atoms with Gasteiger partial charge in [0.2, 0.25) is 5.91 Å². The summed E-state index contributed by atoms with van der Waals surface area (Å²) in [6, 6.07) is 3.17. The topological polar surface area (TPSA) is 134 Å². The van der Waals surface area contributed by atoms with E-state index in [1.807, 2.05) is 0 Å². The molecule has 0 saturated carbocycles. The van der Waals surface area contributed by atoms with Crippen molar-refractivity contribution in [1.82, 2.24) is 0 Å². The van der Waals surface area contributed by atoms with Crippen molar-refractivity contribution in [1.29, 1.82) is 0 Å². The van der Waals surface area contributed by atoms with E-state index in [4.69, 9.17) is 24.7 Å². The summed E-state index contributed by atoms with van der Waals surface area (Å²) in [4.78, 5) is 36.0. The van der Waals surface area contributed by atoms with E-state index in [1.54, 1.807) is 40.0 Å². The highest BCUT2D eigenvalue weighted by atomic mass is 16.7. The number of methoxy groups -OCH3 is 1. The first kappa shape index (κ1) is 29.3. The first-order chi connectivity index (χ1) is 16.0. The Balaban J connectivity index is 2.99. The minimum Gasteiger partial charge on any atom is -0.478 e. The van der Waals surface area contributed by atoms with E-state index in [9.17, 15) is 19.5 Å². The van der Waals surface area contributed by atoms with Crippen molar-refractivity contribution in [3.8, 4) is 0 Å². The van der Waals surface area contributed by atoms with Crippen LogP contribution in [0.1, 0.15) is 67.1 Å². The van der Waals surface area contributed by atoms with Crippen molar-refractivity contribution in [3.63, 3.8) is 0 Å². The maximum absolute atomic E-state index is 12.1. The summed E-state index contributed by atoms with van der Waals surface area (Å²) in [5, 5.41) is 9.72. The van der Waals surface area contributed by atoms with Crippen LogP contribution in [0.3, 0.4) is 0 Å². The molecule has 190 valence electrons. The van der Waals surface area contributed by atoms with Crippen LogP contribution >= 0.6 is 0 Å². The Kier molecular flexibility index (Phi) is 12.5. The Bertz CT molecular complexity index is 844. The lowest BCUT2D eigenvalue weighted by Gasteiger charge is -2.21. The molecular weight excluding hydrogens is 442 g/mol. The Labute approximate surface area is 201 Å². The van der Waals surface area contributed by atoms with Gasteiger partial charge in [0.1, 0.15) is 12.4 Å². The van der Waals surface area contributed by atoms with Crippen LogP contribution in [0, 0.1) is 5.92 Å². The quantitative estimate of drug-likeness (QED) is 0.209. The number of carboxylic acids is 1. The molecule has 0 bridgehead atoms. The third-order valence-electron chi connectivity index (χ3n) is 5.02. The molecule has 1 rings (SSSR count). The molecule has 0 heterocycles. The summed E-state index contributed by atoms with van der Waals surface area (Å²) in [6.07, 6.45) is 2.41. The van der Waals surface area contributed by atoms with Crippen molar-refractivity contribution in [3.05, 3.63) is 41.0 Å². The van der Waals surface area contributed by atoms with E-state index in [0.29, 0.717) is 24.3 Å². The second kappa shape index (κ2) is 14.5. The van der Waals surface area contributed by atoms with E-state index < -0.39 is 29.4 Å². The number of hydrogen-bond acceptors (Lipinski definition) is 7. The summed E-state index contributed by atoms with van der Waals surface area (Å²) in [7, 11) is 1.57. The average Bonchev–Trinajstić information content (AvgIpc) is 2.74. The standard InChI is InChI=1S/C25H37NO8/c1-6-17-7-11-20(24(29)30)19(21(17)15-33-16-32-14-13-31-5)10-8-18(23(26)28)9-12-22(27)34-25(2,3)4/h6-7,11,18H,1,8-10,12-16H2,2-5H3,(H2,26,28)(H,29,30)/t18-/m0/s1. The fraction of sp³-hybridized carbons (Fsp3) is 0.560. The largest absolute Gasteiger partial charge is 0.478 e. The normalized spacial score (nSPS) is 12.2. The number of carbonyl (C=O) groups excluding carboxylic acids is 2.